The smallest absolute Gasteiger partial charge is 1.00 e. The molecular formula is C17H37Cs. The average molecular weight is 374 g/mol. The Morgan fingerprint density at radius 2 is 0.556 bits per heavy atom. The average Bonchev–Trinajstić information content (AvgIpc) is 2.35. The molecule has 0 aliphatic rings. The number of unbranched alkanes of at least 4 members (excludes halogenated alkanes) is 14. The van der Waals surface area contributed by atoms with Crippen LogP contribution in [0, 0.1) is 0 Å². The minimum Gasteiger partial charge on any atom is -1.00 e. The molecule has 0 radical (unpaired) electrons. The van der Waals surface area contributed by atoms with Crippen LogP contribution in [-0.4, -0.2) is 0 Å². The molecule has 106 valence electrons. The Labute approximate surface area is 177 Å². The summed E-state index contributed by atoms with van der Waals surface area (Å²) in [4.78, 5) is 0. The van der Waals surface area contributed by atoms with Gasteiger partial charge in [0.1, 0.15) is 0 Å². The van der Waals surface area contributed by atoms with E-state index in [0.717, 1.165) is 0 Å². The second-order valence-corrected chi connectivity index (χ2v) is 5.60. The van der Waals surface area contributed by atoms with Crippen LogP contribution < -0.4 is 68.9 Å². The van der Waals surface area contributed by atoms with Crippen LogP contribution in [0.4, 0.5) is 0 Å². The molecule has 0 rings (SSSR count). The normalized spacial score (nSPS) is 10.3. The first kappa shape index (κ1) is 22.3. The summed E-state index contributed by atoms with van der Waals surface area (Å²) in [5, 5.41) is 0. The van der Waals surface area contributed by atoms with Crippen molar-refractivity contribution in [2.24, 2.45) is 0 Å². The molecule has 0 saturated carbocycles. The molecule has 0 saturated heterocycles. The first-order valence-corrected chi connectivity index (χ1v) is 8.41. The van der Waals surface area contributed by atoms with Gasteiger partial charge in [-0.25, -0.2) is 0 Å². The Balaban J connectivity index is -0.00000128. The molecule has 0 spiro atoms. The number of hydrogen-bond acceptors (Lipinski definition) is 0. The van der Waals surface area contributed by atoms with Gasteiger partial charge in [-0.2, -0.15) is 0 Å². The summed E-state index contributed by atoms with van der Waals surface area (Å²) in [6.07, 6.45) is 21.9. The van der Waals surface area contributed by atoms with Crippen molar-refractivity contribution in [2.75, 3.05) is 0 Å². The monoisotopic (exact) mass is 374 g/mol. The van der Waals surface area contributed by atoms with Crippen LogP contribution in [0.2, 0.25) is 0 Å². The zero-order chi connectivity index (χ0) is 12.6. The van der Waals surface area contributed by atoms with Crippen LogP contribution in [0.25, 0.3) is 0 Å². The maximum Gasteiger partial charge on any atom is 1.00 e. The van der Waals surface area contributed by atoms with Crippen molar-refractivity contribution in [1.82, 2.24) is 0 Å². The van der Waals surface area contributed by atoms with Crippen molar-refractivity contribution in [3.8, 4) is 0 Å². The van der Waals surface area contributed by atoms with Gasteiger partial charge in [0.2, 0.25) is 0 Å². The molecule has 18 heavy (non-hydrogen) atoms. The van der Waals surface area contributed by atoms with Gasteiger partial charge in [0.25, 0.3) is 0 Å². The van der Waals surface area contributed by atoms with Gasteiger partial charge in [-0.15, -0.1) is 0 Å². The van der Waals surface area contributed by atoms with E-state index < -0.39 is 0 Å². The topological polar surface area (TPSA) is 0 Å². The van der Waals surface area contributed by atoms with Gasteiger partial charge in [-0.3, -0.25) is 0 Å². The summed E-state index contributed by atoms with van der Waals surface area (Å²) in [7, 11) is 0. The van der Waals surface area contributed by atoms with Gasteiger partial charge in [0, 0.05) is 0 Å². The fourth-order valence-corrected chi connectivity index (χ4v) is 2.44. The molecule has 0 N–H and O–H groups in total. The molecule has 0 aliphatic carbocycles. The third kappa shape index (κ3) is 20.4. The van der Waals surface area contributed by atoms with Crippen molar-refractivity contribution >= 4 is 0 Å². The summed E-state index contributed by atoms with van der Waals surface area (Å²) >= 11 is 0. The van der Waals surface area contributed by atoms with Crippen molar-refractivity contribution in [2.45, 2.75) is 110 Å². The third-order valence-corrected chi connectivity index (χ3v) is 3.71. The minimum absolute atomic E-state index is 0. The van der Waals surface area contributed by atoms with E-state index in [1.54, 1.807) is 0 Å². The standard InChI is InChI=1S/C17H36.Cs.H/c1-3-5-7-9-11-13-15-17-16-14-12-10-8-6-4-2;;/h3-17H2,1-2H3;;/q;+1;-1. The Bertz CT molecular complexity index is 114. The van der Waals surface area contributed by atoms with E-state index in [9.17, 15) is 0 Å². The minimum atomic E-state index is 0. The molecule has 0 nitrogen and oxygen atoms in total. The quantitative estimate of drug-likeness (QED) is 0.403. The second-order valence-electron chi connectivity index (χ2n) is 5.60. The molecule has 1 heteroatoms. The number of rotatable bonds is 14. The maximum absolute atomic E-state index is 2.29. The van der Waals surface area contributed by atoms with E-state index >= 15 is 0 Å². The second kappa shape index (κ2) is 21.4. The summed E-state index contributed by atoms with van der Waals surface area (Å²) in [6.45, 7) is 4.58. The predicted octanol–water partition coefficient (Wildman–Crippen LogP) is 3.99. The molecule has 0 fully saturated rings. The maximum atomic E-state index is 2.29. The zero-order valence-electron chi connectivity index (χ0n) is 14.6. The Hall–Kier alpha value is 2.05. The van der Waals surface area contributed by atoms with E-state index in [-0.39, 0.29) is 70.3 Å². The van der Waals surface area contributed by atoms with Crippen molar-refractivity contribution in [3.05, 3.63) is 0 Å². The van der Waals surface area contributed by atoms with Crippen LogP contribution >= 0.6 is 0 Å². The Morgan fingerprint density at radius 1 is 0.389 bits per heavy atom. The molecule has 0 unspecified atom stereocenters. The van der Waals surface area contributed by atoms with Gasteiger partial charge in [0.15, 0.2) is 0 Å². The summed E-state index contributed by atoms with van der Waals surface area (Å²) in [5.74, 6) is 0. The van der Waals surface area contributed by atoms with E-state index in [0.29, 0.717) is 0 Å². The van der Waals surface area contributed by atoms with Gasteiger partial charge in [-0.1, -0.05) is 110 Å². The molecule has 0 aromatic rings. The largest absolute Gasteiger partial charge is 1.00 e. The fourth-order valence-electron chi connectivity index (χ4n) is 2.44. The van der Waals surface area contributed by atoms with Crippen LogP contribution in [0.5, 0.6) is 0 Å². The number of hydrogen-bond donors (Lipinski definition) is 0. The predicted molar refractivity (Wildman–Crippen MR) is 81.7 cm³/mol. The van der Waals surface area contributed by atoms with Gasteiger partial charge in [0.05, 0.1) is 0 Å². The van der Waals surface area contributed by atoms with Crippen molar-refractivity contribution in [3.63, 3.8) is 0 Å². The van der Waals surface area contributed by atoms with E-state index in [1.165, 1.54) is 96.3 Å². The summed E-state index contributed by atoms with van der Waals surface area (Å²) < 4.78 is 0. The van der Waals surface area contributed by atoms with Crippen LogP contribution in [0.3, 0.4) is 0 Å². The molecular weight excluding hydrogens is 337 g/mol. The van der Waals surface area contributed by atoms with E-state index in [4.69, 9.17) is 0 Å². The van der Waals surface area contributed by atoms with Gasteiger partial charge < -0.3 is 1.43 Å². The molecule has 0 aromatic heterocycles. The molecule has 0 aliphatic heterocycles. The first-order valence-electron chi connectivity index (χ1n) is 8.41. The van der Waals surface area contributed by atoms with Crippen LogP contribution in [-0.2, 0) is 0 Å². The van der Waals surface area contributed by atoms with Gasteiger partial charge in [-0.05, 0) is 0 Å². The summed E-state index contributed by atoms with van der Waals surface area (Å²) in [6, 6.07) is 0. The Morgan fingerprint density at radius 3 is 0.722 bits per heavy atom. The Kier molecular flexibility index (Phi) is 26.5. The van der Waals surface area contributed by atoms with Crippen molar-refractivity contribution < 1.29 is 70.3 Å². The molecule has 0 bridgehead atoms. The zero-order valence-corrected chi connectivity index (χ0v) is 19.9. The molecule has 0 amide bonds. The van der Waals surface area contributed by atoms with Gasteiger partial charge >= 0.3 is 68.9 Å². The van der Waals surface area contributed by atoms with Crippen LogP contribution in [0.1, 0.15) is 112 Å². The van der Waals surface area contributed by atoms with E-state index in [2.05, 4.69) is 13.8 Å². The fraction of sp³-hybridized carbons (Fsp3) is 1.00. The third-order valence-electron chi connectivity index (χ3n) is 3.71. The SMILES string of the molecule is CCCCCCCCCCCCCCCCC.[Cs+].[H-]. The van der Waals surface area contributed by atoms with Crippen molar-refractivity contribution in [1.29, 1.82) is 0 Å². The molecule has 0 heterocycles. The summed E-state index contributed by atoms with van der Waals surface area (Å²) in [5.41, 5.74) is 0. The first-order chi connectivity index (χ1) is 8.41. The molecule has 0 aromatic carbocycles. The molecule has 0 atom stereocenters. The van der Waals surface area contributed by atoms with E-state index in [1.807, 2.05) is 0 Å². The van der Waals surface area contributed by atoms with Crippen LogP contribution in [0.15, 0.2) is 0 Å².